The summed E-state index contributed by atoms with van der Waals surface area (Å²) in [7, 11) is 2.05. The summed E-state index contributed by atoms with van der Waals surface area (Å²) in [5.41, 5.74) is 3.20. The number of halogens is 4. The van der Waals surface area contributed by atoms with E-state index in [-0.39, 0.29) is 0 Å². The highest BCUT2D eigenvalue weighted by molar-refractivity contribution is 6.30. The fourth-order valence-electron chi connectivity index (χ4n) is 4.41. The highest BCUT2D eigenvalue weighted by Gasteiger charge is 2.51. The number of anilines is 2. The van der Waals surface area contributed by atoms with E-state index < -0.39 is 43.0 Å². The zero-order valence-corrected chi connectivity index (χ0v) is 19.4. The smallest absolute Gasteiger partial charge is 0.324 e. The van der Waals surface area contributed by atoms with Crippen molar-refractivity contribution in [2.75, 3.05) is 37.3 Å². The lowest BCUT2D eigenvalue weighted by Gasteiger charge is -2.24. The van der Waals surface area contributed by atoms with Crippen LogP contribution in [0.1, 0.15) is 17.5 Å². The topological polar surface area (TPSA) is 64.7 Å². The average molecular weight is 495 g/mol. The molecule has 34 heavy (non-hydrogen) atoms. The number of nitrogens with zero attached hydrogens (tertiary/aromatic N) is 2. The van der Waals surface area contributed by atoms with E-state index in [1.165, 1.54) is 5.56 Å². The van der Waals surface area contributed by atoms with E-state index >= 15 is 0 Å². The first-order chi connectivity index (χ1) is 16.1. The molecule has 0 aliphatic carbocycles. The maximum atomic E-state index is 13.5. The SMILES string of the molecule is CN1CCc2ccc(NC(=O)[C@H]3C[C@@H](C(F)(F)F)CN3C(=O)Nc3ccc(Cl)cc3)cc2CC1. The van der Waals surface area contributed by atoms with E-state index in [0.29, 0.717) is 16.4 Å². The number of rotatable bonds is 3. The third-order valence-corrected chi connectivity index (χ3v) is 6.67. The van der Waals surface area contributed by atoms with Crippen molar-refractivity contribution in [3.8, 4) is 0 Å². The molecule has 182 valence electrons. The maximum Gasteiger partial charge on any atom is 0.393 e. The molecule has 2 aromatic rings. The van der Waals surface area contributed by atoms with Crippen molar-refractivity contribution in [1.82, 2.24) is 9.80 Å². The van der Waals surface area contributed by atoms with Gasteiger partial charge in [-0.15, -0.1) is 0 Å². The first-order valence-corrected chi connectivity index (χ1v) is 11.5. The fourth-order valence-corrected chi connectivity index (χ4v) is 4.54. The van der Waals surface area contributed by atoms with Crippen LogP contribution >= 0.6 is 11.6 Å². The lowest BCUT2D eigenvalue weighted by atomic mass is 10.0. The minimum absolute atomic E-state index is 0.375. The molecule has 4 rings (SSSR count). The number of amides is 3. The minimum Gasteiger partial charge on any atom is -0.324 e. The molecule has 1 fully saturated rings. The Morgan fingerprint density at radius 3 is 2.29 bits per heavy atom. The molecule has 0 radical (unpaired) electrons. The van der Waals surface area contributed by atoms with Gasteiger partial charge in [0.25, 0.3) is 0 Å². The van der Waals surface area contributed by atoms with Gasteiger partial charge in [-0.2, -0.15) is 13.2 Å². The molecule has 1 saturated heterocycles. The Labute approximate surface area is 201 Å². The Kier molecular flexibility index (Phi) is 7.04. The van der Waals surface area contributed by atoms with E-state index in [1.54, 1.807) is 30.3 Å². The second-order valence-electron chi connectivity index (χ2n) is 8.86. The van der Waals surface area contributed by atoms with Crippen LogP contribution in [0.3, 0.4) is 0 Å². The number of nitrogens with one attached hydrogen (secondary N) is 2. The van der Waals surface area contributed by atoms with Crippen LogP contribution in [-0.4, -0.2) is 60.6 Å². The van der Waals surface area contributed by atoms with Gasteiger partial charge in [0, 0.05) is 36.0 Å². The monoisotopic (exact) mass is 494 g/mol. The van der Waals surface area contributed by atoms with Crippen LogP contribution in [0.5, 0.6) is 0 Å². The number of likely N-dealkylation sites (tertiary alicyclic amines) is 1. The van der Waals surface area contributed by atoms with E-state index in [2.05, 4.69) is 22.6 Å². The van der Waals surface area contributed by atoms with Crippen LogP contribution in [0.15, 0.2) is 42.5 Å². The molecule has 0 spiro atoms. The number of hydrogen-bond acceptors (Lipinski definition) is 3. The molecule has 2 aliphatic rings. The highest BCUT2D eigenvalue weighted by atomic mass is 35.5. The van der Waals surface area contributed by atoms with Crippen molar-refractivity contribution in [3.05, 3.63) is 58.6 Å². The Bertz CT molecular complexity index is 1060. The Hall–Kier alpha value is -2.78. The summed E-state index contributed by atoms with van der Waals surface area (Å²) in [6.45, 7) is 1.24. The number of hydrogen-bond donors (Lipinski definition) is 2. The van der Waals surface area contributed by atoms with Gasteiger partial charge in [0.1, 0.15) is 6.04 Å². The van der Waals surface area contributed by atoms with Crippen LogP contribution in [-0.2, 0) is 17.6 Å². The summed E-state index contributed by atoms with van der Waals surface area (Å²) in [4.78, 5) is 29.1. The molecule has 2 aromatic carbocycles. The lowest BCUT2D eigenvalue weighted by Crippen LogP contribution is -2.45. The predicted octanol–water partition coefficient (Wildman–Crippen LogP) is 4.79. The number of carbonyl (C=O) groups excluding carboxylic acids is 2. The zero-order chi connectivity index (χ0) is 24.5. The van der Waals surface area contributed by atoms with Gasteiger partial charge in [0.2, 0.25) is 5.91 Å². The zero-order valence-electron chi connectivity index (χ0n) is 18.7. The first kappa shape index (κ1) is 24.3. The van der Waals surface area contributed by atoms with Gasteiger partial charge in [-0.25, -0.2) is 4.79 Å². The van der Waals surface area contributed by atoms with Crippen LogP contribution < -0.4 is 10.6 Å². The van der Waals surface area contributed by atoms with Crippen molar-refractivity contribution >= 4 is 34.9 Å². The number of alkyl halides is 3. The number of fused-ring (bicyclic) bond motifs is 1. The van der Waals surface area contributed by atoms with Gasteiger partial charge >= 0.3 is 12.2 Å². The molecule has 0 bridgehead atoms. The van der Waals surface area contributed by atoms with Gasteiger partial charge in [-0.1, -0.05) is 17.7 Å². The largest absolute Gasteiger partial charge is 0.393 e. The molecule has 0 aromatic heterocycles. The molecule has 2 atom stereocenters. The summed E-state index contributed by atoms with van der Waals surface area (Å²) >= 11 is 5.84. The highest BCUT2D eigenvalue weighted by Crippen LogP contribution is 2.37. The average Bonchev–Trinajstić information content (AvgIpc) is 3.17. The minimum atomic E-state index is -4.51. The molecule has 2 N–H and O–H groups in total. The number of carbonyl (C=O) groups is 2. The van der Waals surface area contributed by atoms with Crippen molar-refractivity contribution < 1.29 is 22.8 Å². The van der Waals surface area contributed by atoms with E-state index in [4.69, 9.17) is 11.6 Å². The van der Waals surface area contributed by atoms with Crippen molar-refractivity contribution in [2.24, 2.45) is 5.92 Å². The van der Waals surface area contributed by atoms with Gasteiger partial charge in [-0.05, 0) is 73.8 Å². The van der Waals surface area contributed by atoms with Crippen molar-refractivity contribution in [3.63, 3.8) is 0 Å². The van der Waals surface area contributed by atoms with Crippen LogP contribution in [0.4, 0.5) is 29.3 Å². The normalized spacial score (nSPS) is 21.0. The third-order valence-electron chi connectivity index (χ3n) is 6.42. The summed E-state index contributed by atoms with van der Waals surface area (Å²) in [6, 6.07) is 9.77. The number of benzene rings is 2. The number of urea groups is 1. The molecular weight excluding hydrogens is 469 g/mol. The molecule has 10 heteroatoms. The molecule has 0 unspecified atom stereocenters. The quantitative estimate of drug-likeness (QED) is 0.644. The first-order valence-electron chi connectivity index (χ1n) is 11.1. The van der Waals surface area contributed by atoms with Crippen LogP contribution in [0, 0.1) is 5.92 Å². The Morgan fingerprint density at radius 1 is 0.971 bits per heavy atom. The van der Waals surface area contributed by atoms with Crippen LogP contribution in [0.2, 0.25) is 5.02 Å². The standard InChI is InChI=1S/C24H26ClF3N4O2/c1-31-10-8-15-2-5-20(12-16(15)9-11-31)29-22(33)21-13-17(24(26,27)28)14-32(21)23(34)30-19-6-3-18(25)4-7-19/h2-7,12,17,21H,8-11,13-14H2,1H3,(H,29,33)(H,30,34)/t17-,21-/m1/s1. The van der Waals surface area contributed by atoms with E-state index in [9.17, 15) is 22.8 Å². The fraction of sp³-hybridized carbons (Fsp3) is 0.417. The van der Waals surface area contributed by atoms with Gasteiger partial charge in [0.05, 0.1) is 5.92 Å². The summed E-state index contributed by atoms with van der Waals surface area (Å²) in [6.07, 6.45) is -3.28. The molecule has 0 saturated carbocycles. The summed E-state index contributed by atoms with van der Waals surface area (Å²) in [5.74, 6) is -2.41. The molecule has 6 nitrogen and oxygen atoms in total. The van der Waals surface area contributed by atoms with Crippen molar-refractivity contribution in [1.29, 1.82) is 0 Å². The second-order valence-corrected chi connectivity index (χ2v) is 9.29. The summed E-state index contributed by atoms with van der Waals surface area (Å²) < 4.78 is 40.4. The predicted molar refractivity (Wildman–Crippen MR) is 125 cm³/mol. The Morgan fingerprint density at radius 2 is 1.62 bits per heavy atom. The molecular formula is C24H26ClF3N4O2. The molecule has 3 amide bonds. The van der Waals surface area contributed by atoms with Gasteiger partial charge in [-0.3, -0.25) is 4.79 Å². The second kappa shape index (κ2) is 9.84. The molecule has 2 aliphatic heterocycles. The van der Waals surface area contributed by atoms with E-state index in [0.717, 1.165) is 36.4 Å². The number of likely N-dealkylation sites (N-methyl/N-ethyl adjacent to an activating group) is 1. The van der Waals surface area contributed by atoms with Crippen LogP contribution in [0.25, 0.3) is 0 Å². The molecule has 2 heterocycles. The third kappa shape index (κ3) is 5.64. The van der Waals surface area contributed by atoms with Gasteiger partial charge < -0.3 is 20.4 Å². The van der Waals surface area contributed by atoms with Gasteiger partial charge in [0.15, 0.2) is 0 Å². The Balaban J connectivity index is 1.50. The van der Waals surface area contributed by atoms with E-state index in [1.807, 2.05) is 12.1 Å². The lowest BCUT2D eigenvalue weighted by molar-refractivity contribution is -0.170. The van der Waals surface area contributed by atoms with Crippen molar-refractivity contribution in [2.45, 2.75) is 31.5 Å². The summed E-state index contributed by atoms with van der Waals surface area (Å²) in [5, 5.41) is 5.75. The maximum absolute atomic E-state index is 13.5.